The molecule has 26 heavy (non-hydrogen) atoms. The van der Waals surface area contributed by atoms with Crippen LogP contribution >= 0.6 is 0 Å². The van der Waals surface area contributed by atoms with E-state index in [9.17, 15) is 4.79 Å². The number of fused-ring (bicyclic) bond motifs is 1. The maximum atomic E-state index is 12.9. The number of carbonyl (C=O) groups excluding carboxylic acids is 1. The highest BCUT2D eigenvalue weighted by Crippen LogP contribution is 2.28. The van der Waals surface area contributed by atoms with Crippen LogP contribution in [0.1, 0.15) is 34.6 Å². The minimum atomic E-state index is -0.0472. The van der Waals surface area contributed by atoms with Gasteiger partial charge in [-0.05, 0) is 31.5 Å². The first-order valence-corrected chi connectivity index (χ1v) is 8.76. The van der Waals surface area contributed by atoms with Crippen molar-refractivity contribution < 1.29 is 9.53 Å². The Bertz CT molecular complexity index is 916. The predicted molar refractivity (Wildman–Crippen MR) is 101 cm³/mol. The van der Waals surface area contributed by atoms with Crippen LogP contribution in [0.3, 0.4) is 0 Å². The number of aromatic nitrogens is 2. The number of hydrogen-bond donors (Lipinski definition) is 0. The minimum absolute atomic E-state index is 0.0472. The van der Waals surface area contributed by atoms with E-state index in [1.165, 1.54) is 5.56 Å². The van der Waals surface area contributed by atoms with Crippen LogP contribution in [0, 0.1) is 6.92 Å². The summed E-state index contributed by atoms with van der Waals surface area (Å²) in [4.78, 5) is 14.8. The molecule has 0 fully saturated rings. The van der Waals surface area contributed by atoms with Crippen molar-refractivity contribution in [2.45, 2.75) is 26.5 Å². The largest absolute Gasteiger partial charge is 0.472 e. The number of anilines is 1. The Labute approximate surface area is 152 Å². The van der Waals surface area contributed by atoms with Crippen LogP contribution in [0.15, 0.2) is 60.7 Å². The Balaban J connectivity index is 1.56. The molecule has 1 aromatic heterocycles. The average Bonchev–Trinajstić information content (AvgIpc) is 3.10. The third-order valence-electron chi connectivity index (χ3n) is 4.62. The lowest BCUT2D eigenvalue weighted by atomic mass is 10.1. The first-order valence-electron chi connectivity index (χ1n) is 8.76. The van der Waals surface area contributed by atoms with Crippen LogP contribution in [0.5, 0.6) is 5.88 Å². The van der Waals surface area contributed by atoms with E-state index in [2.05, 4.69) is 12.0 Å². The molecule has 132 valence electrons. The van der Waals surface area contributed by atoms with E-state index in [1.54, 1.807) is 10.7 Å². The summed E-state index contributed by atoms with van der Waals surface area (Å²) in [5.41, 5.74) is 3.71. The van der Waals surface area contributed by atoms with Gasteiger partial charge in [-0.15, -0.1) is 5.10 Å². The van der Waals surface area contributed by atoms with E-state index in [0.29, 0.717) is 24.7 Å². The SMILES string of the molecule is Cc1ccc(N2CC(C)n3nc(OCc4ccccc4)cc3C2=O)cc1. The number of rotatable bonds is 4. The van der Waals surface area contributed by atoms with Crippen LogP contribution in [0.25, 0.3) is 0 Å². The molecule has 0 spiro atoms. The van der Waals surface area contributed by atoms with E-state index in [4.69, 9.17) is 4.74 Å². The lowest BCUT2D eigenvalue weighted by molar-refractivity contribution is 0.0953. The molecule has 4 rings (SSSR count). The molecular formula is C21H21N3O2. The Morgan fingerprint density at radius 1 is 1.12 bits per heavy atom. The summed E-state index contributed by atoms with van der Waals surface area (Å²) in [7, 11) is 0. The molecule has 5 nitrogen and oxygen atoms in total. The molecule has 0 radical (unpaired) electrons. The van der Waals surface area contributed by atoms with Gasteiger partial charge in [0.15, 0.2) is 0 Å². The van der Waals surface area contributed by atoms with E-state index in [1.807, 2.05) is 66.4 Å². The van der Waals surface area contributed by atoms with Crippen LogP contribution in [0.2, 0.25) is 0 Å². The molecule has 1 aliphatic rings. The number of hydrogen-bond acceptors (Lipinski definition) is 3. The Morgan fingerprint density at radius 2 is 1.85 bits per heavy atom. The van der Waals surface area contributed by atoms with E-state index in [-0.39, 0.29) is 11.9 Å². The summed E-state index contributed by atoms with van der Waals surface area (Å²) in [6.45, 7) is 5.12. The molecule has 1 amide bonds. The molecule has 0 N–H and O–H groups in total. The summed E-state index contributed by atoms with van der Waals surface area (Å²) in [5, 5.41) is 4.49. The normalized spacial score (nSPS) is 16.5. The van der Waals surface area contributed by atoms with Crippen molar-refractivity contribution >= 4 is 11.6 Å². The van der Waals surface area contributed by atoms with Gasteiger partial charge in [0.2, 0.25) is 5.88 Å². The quantitative estimate of drug-likeness (QED) is 0.717. The minimum Gasteiger partial charge on any atom is -0.472 e. The van der Waals surface area contributed by atoms with Crippen molar-refractivity contribution in [3.05, 3.63) is 77.5 Å². The summed E-state index contributed by atoms with van der Waals surface area (Å²) in [6, 6.07) is 19.8. The molecule has 2 heterocycles. The topological polar surface area (TPSA) is 47.4 Å². The zero-order valence-corrected chi connectivity index (χ0v) is 14.9. The predicted octanol–water partition coefficient (Wildman–Crippen LogP) is 3.99. The van der Waals surface area contributed by atoms with Gasteiger partial charge in [0, 0.05) is 18.3 Å². The second-order valence-corrected chi connectivity index (χ2v) is 6.69. The highest BCUT2D eigenvalue weighted by molar-refractivity contribution is 6.06. The fourth-order valence-electron chi connectivity index (χ4n) is 3.18. The van der Waals surface area contributed by atoms with Crippen molar-refractivity contribution in [2.24, 2.45) is 0 Å². The lowest BCUT2D eigenvalue weighted by Gasteiger charge is -2.31. The van der Waals surface area contributed by atoms with Crippen LogP contribution in [0.4, 0.5) is 5.69 Å². The molecule has 3 aromatic rings. The molecule has 5 heteroatoms. The van der Waals surface area contributed by atoms with E-state index >= 15 is 0 Å². The monoisotopic (exact) mass is 347 g/mol. The van der Waals surface area contributed by atoms with Gasteiger partial charge in [0.25, 0.3) is 5.91 Å². The Morgan fingerprint density at radius 3 is 2.58 bits per heavy atom. The fraction of sp³-hybridized carbons (Fsp3) is 0.238. The smallest absolute Gasteiger partial charge is 0.276 e. The van der Waals surface area contributed by atoms with Crippen molar-refractivity contribution in [1.82, 2.24) is 9.78 Å². The van der Waals surface area contributed by atoms with Crippen LogP contribution in [-0.4, -0.2) is 22.2 Å². The van der Waals surface area contributed by atoms with E-state index in [0.717, 1.165) is 11.3 Å². The first-order chi connectivity index (χ1) is 12.6. The molecular weight excluding hydrogens is 326 g/mol. The van der Waals surface area contributed by atoms with Gasteiger partial charge in [-0.25, -0.2) is 0 Å². The van der Waals surface area contributed by atoms with Gasteiger partial charge < -0.3 is 9.64 Å². The maximum absolute atomic E-state index is 12.9. The molecule has 0 saturated carbocycles. The molecule has 0 saturated heterocycles. The third-order valence-corrected chi connectivity index (χ3v) is 4.62. The Kier molecular flexibility index (Phi) is 4.21. The van der Waals surface area contributed by atoms with Crippen molar-refractivity contribution in [3.63, 3.8) is 0 Å². The highest BCUT2D eigenvalue weighted by Gasteiger charge is 2.32. The lowest BCUT2D eigenvalue weighted by Crippen LogP contribution is -2.42. The number of aryl methyl sites for hydroxylation is 1. The third kappa shape index (κ3) is 3.08. The van der Waals surface area contributed by atoms with Crippen LogP contribution < -0.4 is 9.64 Å². The molecule has 0 aliphatic carbocycles. The van der Waals surface area contributed by atoms with Gasteiger partial charge in [-0.1, -0.05) is 48.0 Å². The van der Waals surface area contributed by atoms with Crippen molar-refractivity contribution in [1.29, 1.82) is 0 Å². The van der Waals surface area contributed by atoms with Crippen LogP contribution in [-0.2, 0) is 6.61 Å². The fourth-order valence-corrected chi connectivity index (χ4v) is 3.18. The second-order valence-electron chi connectivity index (χ2n) is 6.69. The highest BCUT2D eigenvalue weighted by atomic mass is 16.5. The molecule has 2 aromatic carbocycles. The van der Waals surface area contributed by atoms with Gasteiger partial charge in [-0.3, -0.25) is 9.48 Å². The summed E-state index contributed by atoms with van der Waals surface area (Å²) < 4.78 is 7.57. The van der Waals surface area contributed by atoms with Crippen molar-refractivity contribution in [2.75, 3.05) is 11.4 Å². The maximum Gasteiger partial charge on any atom is 0.276 e. The van der Waals surface area contributed by atoms with Gasteiger partial charge in [0.05, 0.1) is 6.04 Å². The zero-order chi connectivity index (χ0) is 18.1. The van der Waals surface area contributed by atoms with E-state index < -0.39 is 0 Å². The number of benzene rings is 2. The second kappa shape index (κ2) is 6.67. The standard InChI is InChI=1S/C21H21N3O2/c1-15-8-10-18(11-9-15)23-13-16(2)24-19(21(23)25)12-20(22-24)26-14-17-6-4-3-5-7-17/h3-12,16H,13-14H2,1-2H3. The molecule has 0 bridgehead atoms. The average molecular weight is 347 g/mol. The summed E-state index contributed by atoms with van der Waals surface area (Å²) in [5.74, 6) is 0.434. The zero-order valence-electron chi connectivity index (χ0n) is 14.9. The van der Waals surface area contributed by atoms with Gasteiger partial charge in [-0.2, -0.15) is 0 Å². The molecule has 1 atom stereocenters. The first kappa shape index (κ1) is 16.4. The number of nitrogens with zero attached hydrogens (tertiary/aromatic N) is 3. The number of carbonyl (C=O) groups is 1. The summed E-state index contributed by atoms with van der Waals surface area (Å²) in [6.07, 6.45) is 0. The van der Waals surface area contributed by atoms with Gasteiger partial charge in [0.1, 0.15) is 12.3 Å². The van der Waals surface area contributed by atoms with Crippen molar-refractivity contribution in [3.8, 4) is 5.88 Å². The molecule has 1 unspecified atom stereocenters. The molecule has 1 aliphatic heterocycles. The Hall–Kier alpha value is -3.08. The summed E-state index contributed by atoms with van der Waals surface area (Å²) >= 11 is 0. The number of ether oxygens (including phenoxy) is 1. The van der Waals surface area contributed by atoms with Gasteiger partial charge >= 0.3 is 0 Å². The number of amides is 1.